The van der Waals surface area contributed by atoms with Gasteiger partial charge in [0.25, 0.3) is 0 Å². The summed E-state index contributed by atoms with van der Waals surface area (Å²) in [6.45, 7) is 3.68. The molecule has 0 aromatic heterocycles. The fraction of sp³-hybridized carbons (Fsp3) is 1.00. The molecule has 1 aliphatic heterocycles. The second-order valence-corrected chi connectivity index (χ2v) is 7.13. The molecule has 1 saturated heterocycles. The Labute approximate surface area is 79.1 Å². The van der Waals surface area contributed by atoms with Gasteiger partial charge in [0.1, 0.15) is 12.3 Å². The van der Waals surface area contributed by atoms with Crippen LogP contribution < -0.4 is 0 Å². The van der Waals surface area contributed by atoms with E-state index in [2.05, 4.69) is 0 Å². The zero-order valence-corrected chi connectivity index (χ0v) is 9.30. The molecule has 0 radical (unpaired) electrons. The lowest BCUT2D eigenvalue weighted by atomic mass is 9.96. The van der Waals surface area contributed by atoms with Crippen molar-refractivity contribution in [3.63, 3.8) is 0 Å². The molecule has 0 bridgehead atoms. The van der Waals surface area contributed by atoms with E-state index in [-0.39, 0.29) is 6.04 Å². The third kappa shape index (κ3) is 2.27. The van der Waals surface area contributed by atoms with Gasteiger partial charge in [-0.15, -0.1) is 0 Å². The van der Waals surface area contributed by atoms with Crippen molar-refractivity contribution in [1.29, 1.82) is 0 Å². The summed E-state index contributed by atoms with van der Waals surface area (Å²) in [6.07, 6.45) is -1.73. The molecule has 5 atom stereocenters. The summed E-state index contributed by atoms with van der Waals surface area (Å²) >= 11 is 0. The molecular weight excluding hydrogens is 193 g/mol. The fourth-order valence-electron chi connectivity index (χ4n) is 2.13. The molecule has 4 heteroatoms. The van der Waals surface area contributed by atoms with E-state index in [1.54, 1.807) is 6.55 Å². The van der Waals surface area contributed by atoms with Crippen molar-refractivity contribution in [2.75, 3.05) is 0 Å². The Balaban J connectivity index is 2.64. The van der Waals surface area contributed by atoms with Crippen LogP contribution in [0.15, 0.2) is 0 Å². The van der Waals surface area contributed by atoms with Gasteiger partial charge < -0.3 is 0 Å². The minimum Gasteiger partial charge on any atom is -0.251 e. The summed E-state index contributed by atoms with van der Waals surface area (Å²) in [5.41, 5.74) is 0. The van der Waals surface area contributed by atoms with Gasteiger partial charge >= 0.3 is 0 Å². The summed E-state index contributed by atoms with van der Waals surface area (Å²) in [5, 5.41) is 0. The normalized spacial score (nSPS) is 46.4. The molecule has 0 saturated carbocycles. The first kappa shape index (κ1) is 11.1. The lowest BCUT2D eigenvalue weighted by Gasteiger charge is -2.35. The van der Waals surface area contributed by atoms with E-state index < -0.39 is 32.9 Å². The van der Waals surface area contributed by atoms with Crippen LogP contribution in [0, 0.1) is 5.92 Å². The molecule has 0 aromatic carbocycles. The lowest BCUT2D eigenvalue weighted by molar-refractivity contribution is 0.0706. The second-order valence-electron chi connectivity index (χ2n) is 4.07. The van der Waals surface area contributed by atoms with Gasteiger partial charge in [-0.25, -0.2) is 8.78 Å². The Hall–Kier alpha value is 0.00688. The van der Waals surface area contributed by atoms with Gasteiger partial charge in [-0.3, -0.25) is 4.39 Å². The highest BCUT2D eigenvalue weighted by Crippen LogP contribution is 2.34. The highest BCUT2D eigenvalue weighted by Gasteiger charge is 2.44. The first-order valence-electron chi connectivity index (χ1n) is 5.00. The van der Waals surface area contributed by atoms with Gasteiger partial charge in [0.2, 0.25) is 0 Å². The summed E-state index contributed by atoms with van der Waals surface area (Å²) in [7, 11) is -1.66. The first-order valence-corrected chi connectivity index (χ1v) is 7.64. The predicted octanol–water partition coefficient (Wildman–Crippen LogP) is 2.83. The van der Waals surface area contributed by atoms with Crippen LogP contribution in [0.2, 0.25) is 12.6 Å². The van der Waals surface area contributed by atoms with Gasteiger partial charge in [-0.05, 0) is 12.5 Å². The average molecular weight is 210 g/mol. The third-order valence-corrected chi connectivity index (χ3v) is 5.70. The summed E-state index contributed by atoms with van der Waals surface area (Å²) in [5.74, 6) is -1.68. The van der Waals surface area contributed by atoms with Crippen LogP contribution in [0.4, 0.5) is 13.2 Å². The molecule has 0 aliphatic carbocycles. The summed E-state index contributed by atoms with van der Waals surface area (Å²) in [4.78, 5) is 0. The monoisotopic (exact) mass is 210 g/mol. The number of halogens is 3. The summed E-state index contributed by atoms with van der Waals surface area (Å²) in [6, 6.07) is 0.169. The molecule has 0 N–H and O–H groups in total. The molecule has 5 unspecified atom stereocenters. The number of rotatable bonds is 2. The van der Waals surface area contributed by atoms with E-state index >= 15 is 0 Å². The van der Waals surface area contributed by atoms with Gasteiger partial charge in [0.15, 0.2) is 0 Å². The number of hydrogen-bond donors (Lipinski definition) is 0. The molecule has 0 nitrogen and oxygen atoms in total. The van der Waals surface area contributed by atoms with Crippen molar-refractivity contribution >= 4 is 8.80 Å². The zero-order chi connectivity index (χ0) is 10.0. The van der Waals surface area contributed by atoms with E-state index in [0.29, 0.717) is 6.42 Å². The van der Waals surface area contributed by atoms with Crippen molar-refractivity contribution in [3.05, 3.63) is 0 Å². The highest BCUT2D eigenvalue weighted by atomic mass is 28.3. The van der Waals surface area contributed by atoms with Gasteiger partial charge in [-0.2, -0.15) is 0 Å². The zero-order valence-electron chi connectivity index (χ0n) is 8.14. The number of alkyl halides is 3. The quantitative estimate of drug-likeness (QED) is 0.615. The van der Waals surface area contributed by atoms with Crippen LogP contribution >= 0.6 is 0 Å². The minimum atomic E-state index is -1.66. The standard InChI is InChI=1S/C9H17F3Si/c1-3-4-6-8(11)7(10)5-13(2)9(6)12/h6-9,13H,3-5H2,1-2H3. The molecule has 1 fully saturated rings. The largest absolute Gasteiger partial charge is 0.251 e. The van der Waals surface area contributed by atoms with Gasteiger partial charge in [0.05, 0.1) is 14.6 Å². The Bertz CT molecular complexity index is 151. The Kier molecular flexibility index (Phi) is 3.82. The smallest absolute Gasteiger partial charge is 0.136 e. The van der Waals surface area contributed by atoms with E-state index in [4.69, 9.17) is 0 Å². The van der Waals surface area contributed by atoms with Crippen LogP contribution in [0.3, 0.4) is 0 Å². The Morgan fingerprint density at radius 1 is 1.31 bits per heavy atom. The maximum Gasteiger partial charge on any atom is 0.136 e. The van der Waals surface area contributed by atoms with E-state index in [1.807, 2.05) is 6.92 Å². The minimum absolute atomic E-state index is 0.169. The molecule has 13 heavy (non-hydrogen) atoms. The molecule has 1 heterocycles. The maximum absolute atomic E-state index is 13.5. The van der Waals surface area contributed by atoms with E-state index in [1.165, 1.54) is 0 Å². The first-order chi connectivity index (χ1) is 6.07. The van der Waals surface area contributed by atoms with Crippen LogP contribution in [0.25, 0.3) is 0 Å². The molecule has 0 aromatic rings. The van der Waals surface area contributed by atoms with E-state index in [9.17, 15) is 13.2 Å². The second kappa shape index (κ2) is 4.49. The van der Waals surface area contributed by atoms with Gasteiger partial charge in [-0.1, -0.05) is 19.9 Å². The topological polar surface area (TPSA) is 0 Å². The van der Waals surface area contributed by atoms with Crippen molar-refractivity contribution in [2.24, 2.45) is 5.92 Å². The van der Waals surface area contributed by atoms with Crippen LogP contribution in [-0.2, 0) is 0 Å². The molecule has 1 rings (SSSR count). The van der Waals surface area contributed by atoms with Crippen molar-refractivity contribution in [2.45, 2.75) is 50.5 Å². The SMILES string of the molecule is CCCC1C(F)C(F)C[SiH](C)C1F. The van der Waals surface area contributed by atoms with Crippen molar-refractivity contribution < 1.29 is 13.2 Å². The highest BCUT2D eigenvalue weighted by molar-refractivity contribution is 6.59. The molecule has 1 aliphatic rings. The van der Waals surface area contributed by atoms with Gasteiger partial charge in [0, 0.05) is 5.92 Å². The molecular formula is C9H17F3Si. The molecule has 0 amide bonds. The summed E-state index contributed by atoms with van der Waals surface area (Å²) < 4.78 is 39.8. The van der Waals surface area contributed by atoms with Crippen molar-refractivity contribution in [1.82, 2.24) is 0 Å². The van der Waals surface area contributed by atoms with E-state index in [0.717, 1.165) is 6.42 Å². The number of hydrogen-bond acceptors (Lipinski definition) is 0. The van der Waals surface area contributed by atoms with Crippen LogP contribution in [0.1, 0.15) is 19.8 Å². The Morgan fingerprint density at radius 3 is 2.46 bits per heavy atom. The van der Waals surface area contributed by atoms with Crippen LogP contribution in [0.5, 0.6) is 0 Å². The van der Waals surface area contributed by atoms with Crippen LogP contribution in [-0.4, -0.2) is 26.9 Å². The average Bonchev–Trinajstić information content (AvgIpc) is 2.09. The maximum atomic E-state index is 13.5. The third-order valence-electron chi connectivity index (χ3n) is 2.93. The fourth-order valence-corrected chi connectivity index (χ4v) is 4.61. The molecule has 0 spiro atoms. The molecule has 78 valence electrons. The lowest BCUT2D eigenvalue weighted by Crippen LogP contribution is -2.47. The van der Waals surface area contributed by atoms with Crippen molar-refractivity contribution in [3.8, 4) is 0 Å². The Morgan fingerprint density at radius 2 is 1.92 bits per heavy atom. The predicted molar refractivity (Wildman–Crippen MR) is 50.9 cm³/mol.